The van der Waals surface area contributed by atoms with Crippen LogP contribution >= 0.6 is 0 Å². The van der Waals surface area contributed by atoms with Crippen LogP contribution in [0.15, 0.2) is 64.0 Å². The summed E-state index contributed by atoms with van der Waals surface area (Å²) in [4.78, 5) is 24.5. The highest BCUT2D eigenvalue weighted by Crippen LogP contribution is 2.33. The average molecular weight is 381 g/mol. The number of nitrogens with zero attached hydrogens (tertiary/aromatic N) is 2. The van der Waals surface area contributed by atoms with Gasteiger partial charge in [0.15, 0.2) is 17.3 Å². The molecule has 28 heavy (non-hydrogen) atoms. The third-order valence-electron chi connectivity index (χ3n) is 4.36. The first-order valence-electron chi connectivity index (χ1n) is 8.94. The molecule has 0 aliphatic carbocycles. The molecule has 1 aromatic carbocycles. The Morgan fingerprint density at radius 3 is 2.64 bits per heavy atom. The van der Waals surface area contributed by atoms with E-state index >= 15 is 0 Å². The van der Waals surface area contributed by atoms with Crippen molar-refractivity contribution >= 4 is 5.91 Å². The van der Waals surface area contributed by atoms with Gasteiger partial charge in [0.1, 0.15) is 11.8 Å². The highest BCUT2D eigenvalue weighted by atomic mass is 16.6. The zero-order valence-corrected chi connectivity index (χ0v) is 15.2. The summed E-state index contributed by atoms with van der Waals surface area (Å²) in [5.74, 6) is 1.41. The number of nitrogens with one attached hydrogen (secondary N) is 1. The topological polar surface area (TPSA) is 95.6 Å². The quantitative estimate of drug-likeness (QED) is 0.725. The summed E-state index contributed by atoms with van der Waals surface area (Å²) in [6.07, 6.45) is 0.338. The first kappa shape index (κ1) is 17.8. The molecule has 0 unspecified atom stereocenters. The van der Waals surface area contributed by atoms with Gasteiger partial charge in [-0.25, -0.2) is 4.68 Å². The SMILES string of the molecule is C[C@H]1Oc2ccccc2O[C@@H]1C(=O)NCCn1nc(-c2ccco2)ccc1=O. The van der Waals surface area contributed by atoms with E-state index in [-0.39, 0.29) is 24.6 Å². The van der Waals surface area contributed by atoms with E-state index in [0.717, 1.165) is 0 Å². The Morgan fingerprint density at radius 2 is 1.89 bits per heavy atom. The molecule has 0 saturated heterocycles. The average Bonchev–Trinajstić information content (AvgIpc) is 3.23. The number of aromatic nitrogens is 2. The van der Waals surface area contributed by atoms with Crippen molar-refractivity contribution in [1.29, 1.82) is 0 Å². The summed E-state index contributed by atoms with van der Waals surface area (Å²) in [5.41, 5.74) is 0.286. The number of para-hydroxylation sites is 2. The molecule has 2 atom stereocenters. The van der Waals surface area contributed by atoms with E-state index in [4.69, 9.17) is 13.9 Å². The van der Waals surface area contributed by atoms with Crippen molar-refractivity contribution in [3.8, 4) is 23.0 Å². The van der Waals surface area contributed by atoms with Gasteiger partial charge in [0.25, 0.3) is 11.5 Å². The number of furan rings is 1. The van der Waals surface area contributed by atoms with Gasteiger partial charge in [0, 0.05) is 12.6 Å². The van der Waals surface area contributed by atoms with E-state index in [1.807, 2.05) is 12.1 Å². The van der Waals surface area contributed by atoms with Gasteiger partial charge in [-0.15, -0.1) is 0 Å². The molecule has 0 spiro atoms. The monoisotopic (exact) mass is 381 g/mol. The smallest absolute Gasteiger partial charge is 0.266 e. The summed E-state index contributed by atoms with van der Waals surface area (Å²) < 4.78 is 18.1. The van der Waals surface area contributed by atoms with Gasteiger partial charge in [0.05, 0.1) is 12.8 Å². The van der Waals surface area contributed by atoms with Gasteiger partial charge in [0.2, 0.25) is 6.10 Å². The molecule has 4 rings (SSSR count). The molecule has 1 amide bonds. The Labute approximate surface area is 160 Å². The van der Waals surface area contributed by atoms with Crippen LogP contribution in [-0.2, 0) is 11.3 Å². The molecule has 0 radical (unpaired) electrons. The highest BCUT2D eigenvalue weighted by molar-refractivity contribution is 5.82. The van der Waals surface area contributed by atoms with E-state index < -0.39 is 12.2 Å². The van der Waals surface area contributed by atoms with Crippen molar-refractivity contribution in [2.75, 3.05) is 6.54 Å². The number of amides is 1. The number of hydrogen-bond acceptors (Lipinski definition) is 6. The fourth-order valence-corrected chi connectivity index (χ4v) is 2.96. The fourth-order valence-electron chi connectivity index (χ4n) is 2.96. The largest absolute Gasteiger partial charge is 0.482 e. The Hall–Kier alpha value is -3.55. The van der Waals surface area contributed by atoms with Gasteiger partial charge in [-0.05, 0) is 37.3 Å². The zero-order chi connectivity index (χ0) is 19.5. The predicted molar refractivity (Wildman–Crippen MR) is 100 cm³/mol. The number of ether oxygens (including phenoxy) is 2. The molecule has 8 heteroatoms. The van der Waals surface area contributed by atoms with Gasteiger partial charge in [-0.1, -0.05) is 12.1 Å². The van der Waals surface area contributed by atoms with E-state index in [1.54, 1.807) is 37.3 Å². The molecule has 0 bridgehead atoms. The molecule has 1 aliphatic heterocycles. The van der Waals surface area contributed by atoms with Crippen LogP contribution in [-0.4, -0.2) is 34.4 Å². The fraction of sp³-hybridized carbons (Fsp3) is 0.250. The number of fused-ring (bicyclic) bond motifs is 1. The number of benzene rings is 1. The Bertz CT molecular complexity index is 1030. The standard InChI is InChI=1S/C20H19N3O5/c1-13-19(28-17-6-3-2-5-16(17)27-13)20(25)21-10-11-23-18(24)9-8-14(22-23)15-7-4-12-26-15/h2-9,12-13,19H,10-11H2,1H3,(H,21,25)/t13-,19+/m1/s1. The lowest BCUT2D eigenvalue weighted by Gasteiger charge is -2.31. The maximum absolute atomic E-state index is 12.5. The summed E-state index contributed by atoms with van der Waals surface area (Å²) in [6.45, 7) is 2.22. The molecule has 0 saturated carbocycles. The summed E-state index contributed by atoms with van der Waals surface area (Å²) >= 11 is 0. The van der Waals surface area contributed by atoms with Crippen molar-refractivity contribution in [3.63, 3.8) is 0 Å². The van der Waals surface area contributed by atoms with Crippen LogP contribution in [0.1, 0.15) is 6.92 Å². The second-order valence-electron chi connectivity index (χ2n) is 6.36. The number of hydrogen-bond donors (Lipinski definition) is 1. The lowest BCUT2D eigenvalue weighted by Crippen LogP contribution is -2.49. The van der Waals surface area contributed by atoms with Crippen LogP contribution in [0.2, 0.25) is 0 Å². The lowest BCUT2D eigenvalue weighted by atomic mass is 10.1. The molecule has 144 valence electrons. The van der Waals surface area contributed by atoms with E-state index in [2.05, 4.69) is 10.4 Å². The Balaban J connectivity index is 1.38. The first-order valence-corrected chi connectivity index (χ1v) is 8.94. The van der Waals surface area contributed by atoms with Crippen LogP contribution in [0.3, 0.4) is 0 Å². The molecular formula is C20H19N3O5. The van der Waals surface area contributed by atoms with Crippen molar-refractivity contribution in [3.05, 3.63) is 65.1 Å². The molecule has 8 nitrogen and oxygen atoms in total. The molecule has 3 heterocycles. The second-order valence-corrected chi connectivity index (χ2v) is 6.36. The lowest BCUT2D eigenvalue weighted by molar-refractivity contribution is -0.133. The van der Waals surface area contributed by atoms with Crippen LogP contribution in [0.5, 0.6) is 11.5 Å². The van der Waals surface area contributed by atoms with Gasteiger partial charge in [-0.3, -0.25) is 9.59 Å². The van der Waals surface area contributed by atoms with E-state index in [0.29, 0.717) is 23.0 Å². The third-order valence-corrected chi connectivity index (χ3v) is 4.36. The minimum Gasteiger partial charge on any atom is -0.482 e. The second kappa shape index (κ2) is 7.59. The number of rotatable bonds is 5. The van der Waals surface area contributed by atoms with Crippen LogP contribution in [0.25, 0.3) is 11.5 Å². The minimum absolute atomic E-state index is 0.220. The van der Waals surface area contributed by atoms with Crippen molar-refractivity contribution < 1.29 is 18.7 Å². The van der Waals surface area contributed by atoms with Crippen molar-refractivity contribution in [2.24, 2.45) is 0 Å². The molecule has 3 aromatic rings. The van der Waals surface area contributed by atoms with Crippen LogP contribution in [0.4, 0.5) is 0 Å². The van der Waals surface area contributed by atoms with Gasteiger partial charge < -0.3 is 19.2 Å². The normalized spacial score (nSPS) is 17.9. The van der Waals surface area contributed by atoms with Gasteiger partial charge in [-0.2, -0.15) is 5.10 Å². The van der Waals surface area contributed by atoms with E-state index in [9.17, 15) is 9.59 Å². The predicted octanol–water partition coefficient (Wildman–Crippen LogP) is 1.85. The number of carbonyl (C=O) groups is 1. The summed E-state index contributed by atoms with van der Waals surface area (Å²) in [5, 5.41) is 7.05. The number of carbonyl (C=O) groups excluding carboxylic acids is 1. The highest BCUT2D eigenvalue weighted by Gasteiger charge is 2.33. The Kier molecular flexibility index (Phi) is 4.84. The van der Waals surface area contributed by atoms with E-state index in [1.165, 1.54) is 17.0 Å². The van der Waals surface area contributed by atoms with Crippen molar-refractivity contribution in [2.45, 2.75) is 25.7 Å². The zero-order valence-electron chi connectivity index (χ0n) is 15.2. The van der Waals surface area contributed by atoms with Crippen LogP contribution < -0.4 is 20.3 Å². The molecule has 1 aliphatic rings. The summed E-state index contributed by atoms with van der Waals surface area (Å²) in [7, 11) is 0. The maximum atomic E-state index is 12.5. The Morgan fingerprint density at radius 1 is 1.11 bits per heavy atom. The third kappa shape index (κ3) is 3.62. The van der Waals surface area contributed by atoms with Crippen molar-refractivity contribution in [1.82, 2.24) is 15.1 Å². The first-order chi connectivity index (χ1) is 13.6. The van der Waals surface area contributed by atoms with Crippen LogP contribution in [0, 0.1) is 0 Å². The molecular weight excluding hydrogens is 362 g/mol. The maximum Gasteiger partial charge on any atom is 0.266 e. The minimum atomic E-state index is -0.769. The summed E-state index contributed by atoms with van der Waals surface area (Å²) in [6, 6.07) is 13.7. The molecule has 0 fully saturated rings. The molecule has 1 N–H and O–H groups in total. The molecule has 2 aromatic heterocycles. The van der Waals surface area contributed by atoms with Gasteiger partial charge >= 0.3 is 0 Å².